The lowest BCUT2D eigenvalue weighted by Gasteiger charge is -2.35. The number of alkyl halides is 2. The van der Waals surface area contributed by atoms with Gasteiger partial charge in [-0.2, -0.15) is 0 Å². The third-order valence-corrected chi connectivity index (χ3v) is 5.25. The van der Waals surface area contributed by atoms with Gasteiger partial charge in [-0.1, -0.05) is 11.8 Å². The van der Waals surface area contributed by atoms with Crippen LogP contribution in [0.1, 0.15) is 25.7 Å². The fourth-order valence-corrected chi connectivity index (χ4v) is 3.66. The number of hydrogen-bond acceptors (Lipinski definition) is 6. The van der Waals surface area contributed by atoms with Gasteiger partial charge < -0.3 is 14.7 Å². The van der Waals surface area contributed by atoms with E-state index in [-0.39, 0.29) is 31.5 Å². The van der Waals surface area contributed by atoms with Crippen molar-refractivity contribution in [3.05, 3.63) is 6.07 Å². The molecule has 0 aromatic carbocycles. The molecule has 1 N–H and O–H groups in total. The van der Waals surface area contributed by atoms with Gasteiger partial charge in [0.05, 0.1) is 13.2 Å². The van der Waals surface area contributed by atoms with Gasteiger partial charge in [-0.05, 0) is 19.1 Å². The van der Waals surface area contributed by atoms with Gasteiger partial charge >= 0.3 is 6.09 Å². The van der Waals surface area contributed by atoms with E-state index in [1.807, 2.05) is 11.2 Å². The number of aromatic nitrogens is 2. The van der Waals surface area contributed by atoms with Crippen LogP contribution in [0.5, 0.6) is 0 Å². The molecule has 0 bridgehead atoms. The number of hydrogen-bond donors (Lipinski definition) is 1. The van der Waals surface area contributed by atoms with E-state index in [1.165, 1.54) is 11.8 Å². The van der Waals surface area contributed by atoms with Gasteiger partial charge in [0, 0.05) is 38.0 Å². The predicted octanol–water partition coefficient (Wildman–Crippen LogP) is 3.10. The molecule has 1 saturated carbocycles. The molecule has 1 amide bonds. The summed E-state index contributed by atoms with van der Waals surface area (Å²) in [5.74, 6) is -1.83. The molecule has 3 rings (SSSR count). The zero-order valence-electron chi connectivity index (χ0n) is 14.5. The third-order valence-electron chi connectivity index (χ3n) is 4.70. The highest BCUT2D eigenvalue weighted by Crippen LogP contribution is 2.37. The van der Waals surface area contributed by atoms with Crippen LogP contribution in [0.25, 0.3) is 0 Å². The highest BCUT2D eigenvalue weighted by Gasteiger charge is 2.39. The van der Waals surface area contributed by atoms with E-state index < -0.39 is 18.1 Å². The molecule has 0 unspecified atom stereocenters. The normalized spacial score (nSPS) is 20.8. The first kappa shape index (κ1) is 19.1. The zero-order chi connectivity index (χ0) is 18.7. The summed E-state index contributed by atoms with van der Waals surface area (Å²) in [7, 11) is 0. The Hall–Kier alpha value is -1.68. The molecule has 26 heavy (non-hydrogen) atoms. The standard InChI is InChI=1S/C16H22F2N4O3S/c1-26-14-19-12(21-6-8-25-9-7-21)10-13(20-14)22(15(23)24)11-2-4-16(17,18)5-3-11/h10-11H,2-9H2,1H3,(H,23,24). The topological polar surface area (TPSA) is 78.8 Å². The Balaban J connectivity index is 1.89. The summed E-state index contributed by atoms with van der Waals surface area (Å²) < 4.78 is 32.3. The van der Waals surface area contributed by atoms with Crippen LogP contribution in [0.3, 0.4) is 0 Å². The number of thioether (sulfide) groups is 1. The highest BCUT2D eigenvalue weighted by molar-refractivity contribution is 7.98. The number of carboxylic acid groups (broad SMARTS) is 1. The summed E-state index contributed by atoms with van der Waals surface area (Å²) >= 11 is 1.32. The average molecular weight is 388 g/mol. The number of rotatable bonds is 4. The number of amides is 1. The number of ether oxygens (including phenoxy) is 1. The molecule has 1 aliphatic carbocycles. The Bertz CT molecular complexity index is 648. The van der Waals surface area contributed by atoms with Gasteiger partial charge in [0.1, 0.15) is 11.6 Å². The molecule has 2 aliphatic rings. The van der Waals surface area contributed by atoms with E-state index in [9.17, 15) is 18.7 Å². The second kappa shape index (κ2) is 7.91. The van der Waals surface area contributed by atoms with Crippen LogP contribution in [0.4, 0.5) is 25.2 Å². The zero-order valence-corrected chi connectivity index (χ0v) is 15.3. The third kappa shape index (κ3) is 4.35. The van der Waals surface area contributed by atoms with Crippen molar-refractivity contribution in [2.24, 2.45) is 0 Å². The van der Waals surface area contributed by atoms with Crippen molar-refractivity contribution in [2.45, 2.75) is 42.8 Å². The molecule has 0 atom stereocenters. The molecule has 7 nitrogen and oxygen atoms in total. The monoisotopic (exact) mass is 388 g/mol. The Labute approximate surface area is 154 Å². The molecular weight excluding hydrogens is 366 g/mol. The minimum absolute atomic E-state index is 0.116. The number of nitrogens with zero attached hydrogens (tertiary/aromatic N) is 4. The van der Waals surface area contributed by atoms with Crippen LogP contribution in [0.2, 0.25) is 0 Å². The van der Waals surface area contributed by atoms with Gasteiger partial charge in [0.25, 0.3) is 0 Å². The maximum atomic E-state index is 13.5. The van der Waals surface area contributed by atoms with Crippen molar-refractivity contribution in [3.8, 4) is 0 Å². The Morgan fingerprint density at radius 1 is 1.35 bits per heavy atom. The van der Waals surface area contributed by atoms with Crippen molar-refractivity contribution < 1.29 is 23.4 Å². The van der Waals surface area contributed by atoms with Crippen molar-refractivity contribution in [2.75, 3.05) is 42.4 Å². The van der Waals surface area contributed by atoms with Crippen molar-refractivity contribution in [1.29, 1.82) is 0 Å². The lowest BCUT2D eigenvalue weighted by Crippen LogP contribution is -2.44. The van der Waals surface area contributed by atoms with E-state index in [0.717, 1.165) is 4.90 Å². The van der Waals surface area contributed by atoms with Gasteiger partial charge in [0.2, 0.25) is 5.92 Å². The fraction of sp³-hybridized carbons (Fsp3) is 0.688. The summed E-state index contributed by atoms with van der Waals surface area (Å²) in [5, 5.41) is 10.2. The minimum Gasteiger partial charge on any atom is -0.465 e. The summed E-state index contributed by atoms with van der Waals surface area (Å²) in [5.41, 5.74) is 0. The molecule has 1 aromatic rings. The Morgan fingerprint density at radius 2 is 2.00 bits per heavy atom. The van der Waals surface area contributed by atoms with E-state index in [4.69, 9.17) is 4.74 Å². The average Bonchev–Trinajstić information content (AvgIpc) is 2.63. The number of morpholine rings is 1. The van der Waals surface area contributed by atoms with Gasteiger partial charge in [-0.25, -0.2) is 23.5 Å². The summed E-state index contributed by atoms with van der Waals surface area (Å²) in [6.45, 7) is 2.47. The molecule has 10 heteroatoms. The van der Waals surface area contributed by atoms with E-state index in [2.05, 4.69) is 9.97 Å². The van der Waals surface area contributed by atoms with E-state index in [0.29, 0.717) is 37.3 Å². The predicted molar refractivity (Wildman–Crippen MR) is 94.6 cm³/mol. The van der Waals surface area contributed by atoms with Gasteiger partial charge in [0.15, 0.2) is 5.16 Å². The van der Waals surface area contributed by atoms with Crippen LogP contribution in [0, 0.1) is 0 Å². The first-order valence-electron chi connectivity index (χ1n) is 8.55. The maximum Gasteiger partial charge on any atom is 0.413 e. The molecule has 2 heterocycles. The second-order valence-corrected chi connectivity index (χ2v) is 7.18. The molecule has 1 aromatic heterocycles. The molecule has 0 spiro atoms. The largest absolute Gasteiger partial charge is 0.465 e. The summed E-state index contributed by atoms with van der Waals surface area (Å²) in [6.07, 6.45) is 0.250. The SMILES string of the molecule is CSc1nc(N2CCOCC2)cc(N(C(=O)O)C2CCC(F)(F)CC2)n1. The van der Waals surface area contributed by atoms with E-state index in [1.54, 1.807) is 6.07 Å². The lowest BCUT2D eigenvalue weighted by molar-refractivity contribution is -0.0379. The van der Waals surface area contributed by atoms with Crippen molar-refractivity contribution in [1.82, 2.24) is 9.97 Å². The van der Waals surface area contributed by atoms with Crippen LogP contribution >= 0.6 is 11.8 Å². The minimum atomic E-state index is -2.71. The Morgan fingerprint density at radius 3 is 2.58 bits per heavy atom. The molecule has 0 radical (unpaired) electrons. The summed E-state index contributed by atoms with van der Waals surface area (Å²) in [4.78, 5) is 23.8. The summed E-state index contributed by atoms with van der Waals surface area (Å²) in [6, 6.07) is 1.13. The van der Waals surface area contributed by atoms with Crippen LogP contribution < -0.4 is 9.80 Å². The number of halogens is 2. The molecule has 144 valence electrons. The van der Waals surface area contributed by atoms with Crippen LogP contribution in [0.15, 0.2) is 11.2 Å². The first-order valence-corrected chi connectivity index (χ1v) is 9.78. The Kier molecular flexibility index (Phi) is 5.81. The van der Waals surface area contributed by atoms with Gasteiger partial charge in [-0.15, -0.1) is 0 Å². The highest BCUT2D eigenvalue weighted by atomic mass is 32.2. The molecule has 1 aliphatic heterocycles. The van der Waals surface area contributed by atoms with Crippen molar-refractivity contribution in [3.63, 3.8) is 0 Å². The number of carbonyl (C=O) groups is 1. The number of anilines is 2. The van der Waals surface area contributed by atoms with Gasteiger partial charge in [-0.3, -0.25) is 4.90 Å². The molecule has 2 fully saturated rings. The second-order valence-electron chi connectivity index (χ2n) is 6.41. The first-order chi connectivity index (χ1) is 12.4. The molecular formula is C16H22F2N4O3S. The van der Waals surface area contributed by atoms with Crippen LogP contribution in [-0.2, 0) is 4.74 Å². The van der Waals surface area contributed by atoms with Crippen LogP contribution in [-0.4, -0.2) is 65.7 Å². The smallest absolute Gasteiger partial charge is 0.413 e. The van der Waals surface area contributed by atoms with Crippen molar-refractivity contribution >= 4 is 29.5 Å². The van der Waals surface area contributed by atoms with E-state index >= 15 is 0 Å². The fourth-order valence-electron chi connectivity index (χ4n) is 3.29. The molecule has 1 saturated heterocycles. The maximum absolute atomic E-state index is 13.5. The lowest BCUT2D eigenvalue weighted by atomic mass is 9.91. The quantitative estimate of drug-likeness (QED) is 0.627.